The van der Waals surface area contributed by atoms with E-state index < -0.39 is 71.3 Å². The van der Waals surface area contributed by atoms with Gasteiger partial charge in [0.05, 0.1) is 0 Å². The molecule has 52 heavy (non-hydrogen) atoms. The van der Waals surface area contributed by atoms with Gasteiger partial charge in [-0.15, -0.1) is 0 Å². The molecule has 1 aromatic rings. The van der Waals surface area contributed by atoms with Crippen LogP contribution in [0.15, 0.2) is 30.3 Å². The van der Waals surface area contributed by atoms with E-state index >= 15 is 0 Å². The molecule has 3 unspecified atom stereocenters. The van der Waals surface area contributed by atoms with Gasteiger partial charge in [0.2, 0.25) is 29.5 Å². The molecule has 294 valence electrons. The minimum Gasteiger partial charge on any atom is -0.480 e. The number of carbonyl (C=O) groups is 6. The molecule has 0 fully saturated rings. The SMILES string of the molecule is CC[C@H](C)[C@H](NC(=O)C[C@H](N)[C@H](Cc1ccccc1)NC(=O)C(NC(=O)C(CC(C)C)NC(=O)CC(C)C)C(C)(C)C)C(=O)NC(C(=O)O)C(C)C. The van der Waals surface area contributed by atoms with E-state index in [1.807, 2.05) is 85.7 Å². The molecule has 8 N–H and O–H groups in total. The first-order valence-corrected chi connectivity index (χ1v) is 18.6. The lowest BCUT2D eigenvalue weighted by Crippen LogP contribution is -2.61. The summed E-state index contributed by atoms with van der Waals surface area (Å²) in [5.41, 5.74) is 6.77. The summed E-state index contributed by atoms with van der Waals surface area (Å²) in [6.45, 7) is 20.2. The highest BCUT2D eigenvalue weighted by Gasteiger charge is 2.37. The Morgan fingerprint density at radius 2 is 1.29 bits per heavy atom. The van der Waals surface area contributed by atoms with Crippen molar-refractivity contribution in [2.45, 2.75) is 145 Å². The fourth-order valence-corrected chi connectivity index (χ4v) is 5.74. The van der Waals surface area contributed by atoms with Gasteiger partial charge in [0, 0.05) is 24.9 Å². The quantitative estimate of drug-likeness (QED) is 0.0996. The zero-order valence-corrected chi connectivity index (χ0v) is 33.2. The molecule has 0 saturated heterocycles. The number of hydrogen-bond acceptors (Lipinski definition) is 7. The van der Waals surface area contributed by atoms with E-state index in [1.165, 1.54) is 0 Å². The zero-order valence-electron chi connectivity index (χ0n) is 33.2. The average Bonchev–Trinajstić information content (AvgIpc) is 3.02. The van der Waals surface area contributed by atoms with Gasteiger partial charge in [0.1, 0.15) is 24.2 Å². The Balaban J connectivity index is 3.31. The normalized spacial score (nSPS) is 15.8. The Kier molecular flexibility index (Phi) is 19.0. The van der Waals surface area contributed by atoms with Gasteiger partial charge in [-0.1, -0.05) is 113 Å². The molecule has 1 rings (SSSR count). The van der Waals surface area contributed by atoms with Crippen LogP contribution in [0.4, 0.5) is 0 Å². The van der Waals surface area contributed by atoms with Crippen LogP contribution in [-0.4, -0.2) is 76.9 Å². The first-order valence-electron chi connectivity index (χ1n) is 18.6. The van der Waals surface area contributed by atoms with E-state index in [0.29, 0.717) is 12.8 Å². The summed E-state index contributed by atoms with van der Waals surface area (Å²) in [5.74, 6) is -4.01. The molecule has 1 aromatic carbocycles. The first-order chi connectivity index (χ1) is 24.1. The molecule has 13 heteroatoms. The molecule has 0 aliphatic rings. The van der Waals surface area contributed by atoms with E-state index in [-0.39, 0.29) is 48.8 Å². The van der Waals surface area contributed by atoms with Crippen molar-refractivity contribution in [1.29, 1.82) is 0 Å². The third-order valence-electron chi connectivity index (χ3n) is 8.97. The number of carboxylic acids is 1. The number of carboxylic acid groups (broad SMARTS) is 1. The Morgan fingerprint density at radius 3 is 1.77 bits per heavy atom. The van der Waals surface area contributed by atoms with Crippen molar-refractivity contribution in [1.82, 2.24) is 26.6 Å². The van der Waals surface area contributed by atoms with E-state index in [0.717, 1.165) is 5.56 Å². The van der Waals surface area contributed by atoms with Crippen LogP contribution in [0.5, 0.6) is 0 Å². The number of amides is 5. The molecule has 0 aromatic heterocycles. The predicted molar refractivity (Wildman–Crippen MR) is 203 cm³/mol. The maximum Gasteiger partial charge on any atom is 0.326 e. The molecular formula is C39H66N6O7. The number of aliphatic carboxylic acids is 1. The number of nitrogens with one attached hydrogen (secondary N) is 5. The minimum absolute atomic E-state index is 0.0937. The summed E-state index contributed by atoms with van der Waals surface area (Å²) in [4.78, 5) is 78.8. The van der Waals surface area contributed by atoms with Crippen LogP contribution in [0.2, 0.25) is 0 Å². The molecule has 0 saturated carbocycles. The smallest absolute Gasteiger partial charge is 0.326 e. The van der Waals surface area contributed by atoms with Crippen LogP contribution in [0.3, 0.4) is 0 Å². The van der Waals surface area contributed by atoms with E-state index in [9.17, 15) is 33.9 Å². The lowest BCUT2D eigenvalue weighted by atomic mass is 9.85. The second-order valence-corrected chi connectivity index (χ2v) is 16.3. The van der Waals surface area contributed by atoms with Crippen molar-refractivity contribution in [3.8, 4) is 0 Å². The zero-order chi connectivity index (χ0) is 39.9. The highest BCUT2D eigenvalue weighted by Crippen LogP contribution is 2.21. The van der Waals surface area contributed by atoms with Crippen molar-refractivity contribution in [2.75, 3.05) is 0 Å². The van der Waals surface area contributed by atoms with Gasteiger partial charge < -0.3 is 37.4 Å². The van der Waals surface area contributed by atoms with E-state index in [2.05, 4.69) is 26.6 Å². The molecule has 5 amide bonds. The van der Waals surface area contributed by atoms with Crippen LogP contribution in [0, 0.1) is 29.1 Å². The van der Waals surface area contributed by atoms with Crippen molar-refractivity contribution < 1.29 is 33.9 Å². The third kappa shape index (κ3) is 16.1. The lowest BCUT2D eigenvalue weighted by molar-refractivity contribution is -0.143. The summed E-state index contributed by atoms with van der Waals surface area (Å²) < 4.78 is 0. The van der Waals surface area contributed by atoms with Crippen LogP contribution in [0.1, 0.15) is 107 Å². The molecule has 0 heterocycles. The minimum atomic E-state index is -1.17. The van der Waals surface area contributed by atoms with Gasteiger partial charge in [0.15, 0.2) is 0 Å². The Morgan fingerprint density at radius 1 is 0.712 bits per heavy atom. The highest BCUT2D eigenvalue weighted by molar-refractivity contribution is 5.93. The van der Waals surface area contributed by atoms with E-state index in [4.69, 9.17) is 5.73 Å². The second-order valence-electron chi connectivity index (χ2n) is 16.3. The maximum absolute atomic E-state index is 14.1. The summed E-state index contributed by atoms with van der Waals surface area (Å²) in [6, 6.07) is 3.66. The molecule has 0 aliphatic carbocycles. The van der Waals surface area contributed by atoms with Crippen LogP contribution in [0.25, 0.3) is 0 Å². The standard InChI is InChI=1S/C39H66N6O7/c1-12-25(8)33(36(49)44-32(24(6)7)38(51)52)43-31(47)21-27(40)28(20-26-16-14-13-15-17-26)42-37(50)34(39(9,10)11)45-35(48)29(18-22(2)3)41-30(46)19-23(4)5/h13-17,22-25,27-29,32-34H,12,18-21,40H2,1-11H3,(H,41,46)(H,42,50)(H,43,47)(H,44,49)(H,45,48)(H,51,52)/t25-,27-,28-,29?,32?,33-,34?/m0/s1. The van der Waals surface area contributed by atoms with Gasteiger partial charge in [-0.3, -0.25) is 24.0 Å². The van der Waals surface area contributed by atoms with Crippen molar-refractivity contribution >= 4 is 35.5 Å². The summed E-state index contributed by atoms with van der Waals surface area (Å²) in [6.07, 6.45) is 1.21. The summed E-state index contributed by atoms with van der Waals surface area (Å²) in [7, 11) is 0. The first kappa shape index (κ1) is 46.0. The van der Waals surface area contributed by atoms with Gasteiger partial charge in [-0.05, 0) is 47.5 Å². The van der Waals surface area contributed by atoms with Crippen molar-refractivity contribution in [3.63, 3.8) is 0 Å². The topological polar surface area (TPSA) is 209 Å². The number of nitrogens with two attached hydrogens (primary N) is 1. The Bertz CT molecular complexity index is 1330. The maximum atomic E-state index is 14.1. The van der Waals surface area contributed by atoms with Crippen LogP contribution < -0.4 is 32.3 Å². The average molecular weight is 731 g/mol. The molecular weight excluding hydrogens is 664 g/mol. The van der Waals surface area contributed by atoms with Crippen molar-refractivity contribution in [2.24, 2.45) is 34.8 Å². The fraction of sp³-hybridized carbons (Fsp3) is 0.692. The summed E-state index contributed by atoms with van der Waals surface area (Å²) in [5, 5.41) is 23.6. The monoisotopic (exact) mass is 730 g/mol. The number of benzene rings is 1. The largest absolute Gasteiger partial charge is 0.480 e. The Labute approximate surface area is 310 Å². The van der Waals surface area contributed by atoms with Crippen molar-refractivity contribution in [3.05, 3.63) is 35.9 Å². The number of rotatable bonds is 21. The number of hydrogen-bond donors (Lipinski definition) is 7. The molecule has 0 radical (unpaired) electrons. The number of carbonyl (C=O) groups excluding carboxylic acids is 5. The summed E-state index contributed by atoms with van der Waals surface area (Å²) >= 11 is 0. The molecule has 7 atom stereocenters. The third-order valence-corrected chi connectivity index (χ3v) is 8.97. The lowest BCUT2D eigenvalue weighted by Gasteiger charge is -2.34. The highest BCUT2D eigenvalue weighted by atomic mass is 16.4. The molecule has 0 spiro atoms. The predicted octanol–water partition coefficient (Wildman–Crippen LogP) is 3.30. The molecule has 13 nitrogen and oxygen atoms in total. The fourth-order valence-electron chi connectivity index (χ4n) is 5.74. The van der Waals surface area contributed by atoms with E-state index in [1.54, 1.807) is 20.8 Å². The molecule has 0 aliphatic heterocycles. The van der Waals surface area contributed by atoms with Gasteiger partial charge in [-0.2, -0.15) is 0 Å². The van der Waals surface area contributed by atoms with Crippen LogP contribution >= 0.6 is 0 Å². The van der Waals surface area contributed by atoms with Gasteiger partial charge in [-0.25, -0.2) is 4.79 Å². The van der Waals surface area contributed by atoms with Crippen LogP contribution in [-0.2, 0) is 35.2 Å². The van der Waals surface area contributed by atoms with Gasteiger partial charge >= 0.3 is 5.97 Å². The molecule has 0 bridgehead atoms. The second kappa shape index (κ2) is 21.5. The van der Waals surface area contributed by atoms with Gasteiger partial charge in [0.25, 0.3) is 0 Å². The Hall–Kier alpha value is -4.00.